The zero-order valence-electron chi connectivity index (χ0n) is 8.71. The Kier molecular flexibility index (Phi) is 4.29. The van der Waals surface area contributed by atoms with Crippen LogP contribution in [0.1, 0.15) is 39.5 Å². The van der Waals surface area contributed by atoms with Gasteiger partial charge in [0, 0.05) is 0 Å². The van der Waals surface area contributed by atoms with E-state index >= 15 is 0 Å². The van der Waals surface area contributed by atoms with Crippen molar-refractivity contribution in [1.29, 1.82) is 0 Å². The van der Waals surface area contributed by atoms with E-state index in [9.17, 15) is 0 Å². The van der Waals surface area contributed by atoms with Gasteiger partial charge in [-0.3, -0.25) is 0 Å². The first-order valence-electron chi connectivity index (χ1n) is 5.23. The topological polar surface area (TPSA) is 21.8 Å². The molecule has 1 saturated heterocycles. The summed E-state index contributed by atoms with van der Waals surface area (Å²) in [6, 6.07) is 0. The number of hydrogen-bond acceptors (Lipinski definition) is 2. The molecule has 0 aromatic heterocycles. The van der Waals surface area contributed by atoms with Crippen LogP contribution in [-0.4, -0.2) is 18.8 Å². The highest BCUT2D eigenvalue weighted by atomic mass is 16.6. The van der Waals surface area contributed by atoms with Gasteiger partial charge in [0.15, 0.2) is 0 Å². The monoisotopic (exact) mass is 184 g/mol. The van der Waals surface area contributed by atoms with E-state index in [4.69, 9.17) is 9.47 Å². The Morgan fingerprint density at radius 1 is 1.46 bits per heavy atom. The lowest BCUT2D eigenvalue weighted by Crippen LogP contribution is -2.16. The molecule has 0 radical (unpaired) electrons. The summed E-state index contributed by atoms with van der Waals surface area (Å²) in [6.45, 7) is 5.91. The first-order valence-corrected chi connectivity index (χ1v) is 5.23. The molecule has 0 spiro atoms. The first-order chi connectivity index (χ1) is 6.33. The number of hydrogen-bond donors (Lipinski definition) is 0. The molecule has 2 heteroatoms. The number of epoxide rings is 1. The van der Waals surface area contributed by atoms with Crippen LogP contribution < -0.4 is 0 Å². The normalized spacial score (nSPS) is 26.6. The number of unbranched alkanes of at least 4 members (excludes halogenated alkanes) is 2. The van der Waals surface area contributed by atoms with Gasteiger partial charge in [0.05, 0.1) is 12.9 Å². The standard InChI is InChI=1S/C11H20O2/c1-3-5-6-7-8-12-9-11(4-2)10-13-11/h7-8H,3-6,9-10H2,1-2H3. The summed E-state index contributed by atoms with van der Waals surface area (Å²) in [5, 5.41) is 0. The third kappa shape index (κ3) is 3.81. The Morgan fingerprint density at radius 2 is 2.23 bits per heavy atom. The minimum atomic E-state index is 0.0646. The molecule has 0 bridgehead atoms. The average Bonchev–Trinajstić information content (AvgIpc) is 2.92. The lowest BCUT2D eigenvalue weighted by atomic mass is 10.1. The van der Waals surface area contributed by atoms with Gasteiger partial charge < -0.3 is 9.47 Å². The molecule has 1 atom stereocenters. The smallest absolute Gasteiger partial charge is 0.125 e. The maximum atomic E-state index is 5.39. The maximum absolute atomic E-state index is 5.39. The third-order valence-electron chi connectivity index (χ3n) is 2.46. The summed E-state index contributed by atoms with van der Waals surface area (Å²) in [5.41, 5.74) is 0.0646. The molecule has 0 aromatic rings. The zero-order valence-corrected chi connectivity index (χ0v) is 8.71. The van der Waals surface area contributed by atoms with Crippen molar-refractivity contribution in [2.75, 3.05) is 13.2 Å². The molecule has 1 fully saturated rings. The van der Waals surface area contributed by atoms with Crippen LogP contribution in [0, 0.1) is 0 Å². The predicted molar refractivity (Wildman–Crippen MR) is 53.6 cm³/mol. The fourth-order valence-electron chi connectivity index (χ4n) is 1.15. The molecule has 0 aliphatic carbocycles. The van der Waals surface area contributed by atoms with E-state index < -0.39 is 0 Å². The van der Waals surface area contributed by atoms with Crippen molar-refractivity contribution in [3.63, 3.8) is 0 Å². The summed E-state index contributed by atoms with van der Waals surface area (Å²) in [4.78, 5) is 0. The van der Waals surface area contributed by atoms with E-state index in [0.717, 1.165) is 19.4 Å². The van der Waals surface area contributed by atoms with Crippen LogP contribution in [0.5, 0.6) is 0 Å². The van der Waals surface area contributed by atoms with Crippen molar-refractivity contribution in [2.24, 2.45) is 0 Å². The Hall–Kier alpha value is -0.500. The average molecular weight is 184 g/mol. The van der Waals surface area contributed by atoms with E-state index in [0.29, 0.717) is 6.61 Å². The molecule has 0 N–H and O–H groups in total. The van der Waals surface area contributed by atoms with Crippen LogP contribution in [0.2, 0.25) is 0 Å². The highest BCUT2D eigenvalue weighted by Crippen LogP contribution is 2.30. The molecule has 0 aromatic carbocycles. The highest BCUT2D eigenvalue weighted by Gasteiger charge is 2.43. The van der Waals surface area contributed by atoms with E-state index in [-0.39, 0.29) is 5.60 Å². The molecule has 1 unspecified atom stereocenters. The van der Waals surface area contributed by atoms with Crippen LogP contribution in [-0.2, 0) is 9.47 Å². The number of allylic oxidation sites excluding steroid dienone is 1. The largest absolute Gasteiger partial charge is 0.498 e. The van der Waals surface area contributed by atoms with Gasteiger partial charge in [-0.1, -0.05) is 20.3 Å². The van der Waals surface area contributed by atoms with Gasteiger partial charge in [-0.05, 0) is 25.3 Å². The maximum Gasteiger partial charge on any atom is 0.125 e. The molecule has 76 valence electrons. The Balaban J connectivity index is 1.97. The Bertz CT molecular complexity index is 159. The van der Waals surface area contributed by atoms with Crippen molar-refractivity contribution in [3.8, 4) is 0 Å². The number of rotatable bonds is 7. The van der Waals surface area contributed by atoms with Gasteiger partial charge in [0.2, 0.25) is 0 Å². The third-order valence-corrected chi connectivity index (χ3v) is 2.46. The molecule has 1 rings (SSSR count). The van der Waals surface area contributed by atoms with E-state index in [1.54, 1.807) is 0 Å². The second-order valence-electron chi connectivity index (χ2n) is 3.65. The summed E-state index contributed by atoms with van der Waals surface area (Å²) in [5.74, 6) is 0. The Labute approximate surface area is 80.9 Å². The van der Waals surface area contributed by atoms with Crippen molar-refractivity contribution in [2.45, 2.75) is 45.1 Å². The van der Waals surface area contributed by atoms with Crippen molar-refractivity contribution >= 4 is 0 Å². The van der Waals surface area contributed by atoms with Crippen molar-refractivity contribution < 1.29 is 9.47 Å². The van der Waals surface area contributed by atoms with E-state index in [1.807, 2.05) is 6.26 Å². The summed E-state index contributed by atoms with van der Waals surface area (Å²) in [6.07, 6.45) is 8.57. The lowest BCUT2D eigenvalue weighted by molar-refractivity contribution is 0.148. The van der Waals surface area contributed by atoms with Crippen LogP contribution in [0.15, 0.2) is 12.3 Å². The first kappa shape index (κ1) is 10.6. The van der Waals surface area contributed by atoms with Crippen LogP contribution >= 0.6 is 0 Å². The van der Waals surface area contributed by atoms with E-state index in [2.05, 4.69) is 19.9 Å². The van der Waals surface area contributed by atoms with Crippen molar-refractivity contribution in [1.82, 2.24) is 0 Å². The predicted octanol–water partition coefficient (Wildman–Crippen LogP) is 2.89. The highest BCUT2D eigenvalue weighted by molar-refractivity contribution is 4.91. The molecule has 2 nitrogen and oxygen atoms in total. The molecular formula is C11H20O2. The molecule has 0 saturated carbocycles. The Morgan fingerprint density at radius 3 is 2.77 bits per heavy atom. The number of ether oxygens (including phenoxy) is 2. The van der Waals surface area contributed by atoms with Gasteiger partial charge in [0.25, 0.3) is 0 Å². The summed E-state index contributed by atoms with van der Waals surface area (Å²) >= 11 is 0. The molecule has 1 aliphatic rings. The van der Waals surface area contributed by atoms with Gasteiger partial charge >= 0.3 is 0 Å². The quantitative estimate of drug-likeness (QED) is 0.345. The zero-order chi connectivity index (χ0) is 9.57. The van der Waals surface area contributed by atoms with Gasteiger partial charge in [-0.2, -0.15) is 0 Å². The minimum Gasteiger partial charge on any atom is -0.498 e. The molecule has 13 heavy (non-hydrogen) atoms. The summed E-state index contributed by atoms with van der Waals surface area (Å²) in [7, 11) is 0. The molecule has 1 heterocycles. The van der Waals surface area contributed by atoms with Crippen LogP contribution in [0.25, 0.3) is 0 Å². The van der Waals surface area contributed by atoms with Gasteiger partial charge in [-0.15, -0.1) is 0 Å². The van der Waals surface area contributed by atoms with E-state index in [1.165, 1.54) is 12.8 Å². The molecule has 1 aliphatic heterocycles. The second kappa shape index (κ2) is 5.28. The fraction of sp³-hybridized carbons (Fsp3) is 0.818. The molecular weight excluding hydrogens is 164 g/mol. The SMILES string of the molecule is CCCCC=COCC1(CC)CO1. The minimum absolute atomic E-state index is 0.0646. The van der Waals surface area contributed by atoms with Crippen LogP contribution in [0.3, 0.4) is 0 Å². The lowest BCUT2D eigenvalue weighted by Gasteiger charge is -2.07. The van der Waals surface area contributed by atoms with Crippen LogP contribution in [0.4, 0.5) is 0 Å². The van der Waals surface area contributed by atoms with Crippen molar-refractivity contribution in [3.05, 3.63) is 12.3 Å². The fourth-order valence-corrected chi connectivity index (χ4v) is 1.15. The summed E-state index contributed by atoms with van der Waals surface area (Å²) < 4.78 is 10.7. The second-order valence-corrected chi connectivity index (χ2v) is 3.65. The molecule has 0 amide bonds. The van der Waals surface area contributed by atoms with Gasteiger partial charge in [-0.25, -0.2) is 0 Å². The van der Waals surface area contributed by atoms with Gasteiger partial charge in [0.1, 0.15) is 12.2 Å².